The van der Waals surface area contributed by atoms with Gasteiger partial charge in [-0.05, 0) is 80.7 Å². The molecule has 1 fully saturated rings. The predicted molar refractivity (Wildman–Crippen MR) is 116 cm³/mol. The molecule has 1 amide bonds. The molecule has 1 unspecified atom stereocenters. The number of nitrogens with one attached hydrogen (secondary N) is 2. The minimum atomic E-state index is 0.106. The summed E-state index contributed by atoms with van der Waals surface area (Å²) < 4.78 is 0. The molecule has 1 saturated heterocycles. The van der Waals surface area contributed by atoms with Crippen molar-refractivity contribution >= 4 is 34.6 Å². The molecule has 27 heavy (non-hydrogen) atoms. The molecule has 0 spiro atoms. The third-order valence-corrected chi connectivity index (χ3v) is 5.43. The van der Waals surface area contributed by atoms with Gasteiger partial charge in [-0.25, -0.2) is 0 Å². The van der Waals surface area contributed by atoms with E-state index in [0.717, 1.165) is 29.9 Å². The SMILES string of the molecule is Cc1ccc(C(C)NC(=S)Nc2ccc(C)c(N3CCCC3=O)c2)cc1C. The first-order chi connectivity index (χ1) is 12.8. The highest BCUT2D eigenvalue weighted by atomic mass is 32.1. The zero-order valence-corrected chi connectivity index (χ0v) is 17.2. The zero-order chi connectivity index (χ0) is 19.6. The molecular formula is C22H27N3OS. The number of aryl methyl sites for hydroxylation is 3. The first kappa shape index (κ1) is 19.4. The average molecular weight is 382 g/mol. The van der Waals surface area contributed by atoms with E-state index in [1.165, 1.54) is 16.7 Å². The Morgan fingerprint density at radius 2 is 1.81 bits per heavy atom. The van der Waals surface area contributed by atoms with Gasteiger partial charge in [0.05, 0.1) is 6.04 Å². The van der Waals surface area contributed by atoms with Gasteiger partial charge in [0.2, 0.25) is 5.91 Å². The van der Waals surface area contributed by atoms with Crippen molar-refractivity contribution in [1.82, 2.24) is 5.32 Å². The van der Waals surface area contributed by atoms with Crippen molar-refractivity contribution in [2.75, 3.05) is 16.8 Å². The molecule has 3 rings (SSSR count). The standard InChI is InChI=1S/C22H27N3OS/c1-14-7-9-18(12-16(14)3)17(4)23-22(27)24-19-10-8-15(2)20(13-19)25-11-5-6-21(25)26/h7-10,12-13,17H,5-6,11H2,1-4H3,(H2,23,24,27). The van der Waals surface area contributed by atoms with Gasteiger partial charge in [0.1, 0.15) is 0 Å². The number of anilines is 2. The lowest BCUT2D eigenvalue weighted by atomic mass is 10.0. The number of hydrogen-bond donors (Lipinski definition) is 2. The van der Waals surface area contributed by atoms with E-state index < -0.39 is 0 Å². The normalized spacial score (nSPS) is 15.0. The molecule has 2 aromatic carbocycles. The van der Waals surface area contributed by atoms with Crippen molar-refractivity contribution in [1.29, 1.82) is 0 Å². The lowest BCUT2D eigenvalue weighted by Crippen LogP contribution is -2.31. The van der Waals surface area contributed by atoms with E-state index in [0.29, 0.717) is 11.5 Å². The van der Waals surface area contributed by atoms with Crippen LogP contribution in [0.5, 0.6) is 0 Å². The van der Waals surface area contributed by atoms with Gasteiger partial charge in [0.15, 0.2) is 5.11 Å². The van der Waals surface area contributed by atoms with Gasteiger partial charge in [-0.3, -0.25) is 4.79 Å². The van der Waals surface area contributed by atoms with Gasteiger partial charge in [0, 0.05) is 24.3 Å². The molecule has 1 atom stereocenters. The summed E-state index contributed by atoms with van der Waals surface area (Å²) in [6.07, 6.45) is 1.55. The Kier molecular flexibility index (Phi) is 5.80. The Balaban J connectivity index is 1.68. The van der Waals surface area contributed by atoms with Crippen LogP contribution >= 0.6 is 12.2 Å². The quantitative estimate of drug-likeness (QED) is 0.748. The second kappa shape index (κ2) is 8.09. The fourth-order valence-electron chi connectivity index (χ4n) is 3.36. The third kappa shape index (κ3) is 4.48. The second-order valence-electron chi connectivity index (χ2n) is 7.31. The van der Waals surface area contributed by atoms with Crippen LogP contribution in [0.4, 0.5) is 11.4 Å². The lowest BCUT2D eigenvalue weighted by molar-refractivity contribution is -0.117. The Morgan fingerprint density at radius 1 is 1.07 bits per heavy atom. The highest BCUT2D eigenvalue weighted by Crippen LogP contribution is 2.28. The maximum Gasteiger partial charge on any atom is 0.227 e. The van der Waals surface area contributed by atoms with Crippen LogP contribution in [-0.4, -0.2) is 17.6 Å². The fraction of sp³-hybridized carbons (Fsp3) is 0.364. The van der Waals surface area contributed by atoms with Crippen LogP contribution in [0.25, 0.3) is 0 Å². The van der Waals surface area contributed by atoms with Gasteiger partial charge in [-0.1, -0.05) is 24.3 Å². The molecule has 5 heteroatoms. The molecule has 2 N–H and O–H groups in total. The molecule has 1 heterocycles. The molecule has 0 aromatic heterocycles. The average Bonchev–Trinajstić information content (AvgIpc) is 3.04. The number of carbonyl (C=O) groups is 1. The van der Waals surface area contributed by atoms with Crippen LogP contribution in [0.2, 0.25) is 0 Å². The lowest BCUT2D eigenvalue weighted by Gasteiger charge is -2.21. The van der Waals surface area contributed by atoms with Crippen molar-refractivity contribution in [2.24, 2.45) is 0 Å². The van der Waals surface area contributed by atoms with Crippen molar-refractivity contribution < 1.29 is 4.79 Å². The highest BCUT2D eigenvalue weighted by Gasteiger charge is 2.23. The summed E-state index contributed by atoms with van der Waals surface area (Å²) in [4.78, 5) is 14.0. The smallest absolute Gasteiger partial charge is 0.227 e. The number of carbonyl (C=O) groups excluding carboxylic acids is 1. The van der Waals surface area contributed by atoms with Crippen LogP contribution in [-0.2, 0) is 4.79 Å². The minimum absolute atomic E-state index is 0.106. The van der Waals surface area contributed by atoms with Crippen molar-refractivity contribution in [3.63, 3.8) is 0 Å². The number of nitrogens with zero attached hydrogens (tertiary/aromatic N) is 1. The van der Waals surface area contributed by atoms with Gasteiger partial charge in [-0.15, -0.1) is 0 Å². The van der Waals surface area contributed by atoms with E-state index in [1.807, 2.05) is 30.0 Å². The van der Waals surface area contributed by atoms with E-state index in [1.54, 1.807) is 0 Å². The van der Waals surface area contributed by atoms with Gasteiger partial charge in [0.25, 0.3) is 0 Å². The molecule has 1 aliphatic heterocycles. The summed E-state index contributed by atoms with van der Waals surface area (Å²) in [6, 6.07) is 12.6. The summed E-state index contributed by atoms with van der Waals surface area (Å²) in [5.41, 5.74) is 6.72. The number of thiocarbonyl (C=S) groups is 1. The Morgan fingerprint density at radius 3 is 2.48 bits per heavy atom. The number of amides is 1. The fourth-order valence-corrected chi connectivity index (χ4v) is 3.66. The van der Waals surface area contributed by atoms with Crippen molar-refractivity contribution in [3.8, 4) is 0 Å². The number of rotatable bonds is 4. The van der Waals surface area contributed by atoms with E-state index in [-0.39, 0.29) is 11.9 Å². The molecule has 2 aromatic rings. The summed E-state index contributed by atoms with van der Waals surface area (Å²) in [6.45, 7) is 9.15. The van der Waals surface area contributed by atoms with E-state index in [4.69, 9.17) is 12.2 Å². The van der Waals surface area contributed by atoms with E-state index in [9.17, 15) is 4.79 Å². The van der Waals surface area contributed by atoms with Gasteiger partial charge >= 0.3 is 0 Å². The molecule has 142 valence electrons. The number of hydrogen-bond acceptors (Lipinski definition) is 2. The molecule has 0 saturated carbocycles. The molecular weight excluding hydrogens is 354 g/mol. The highest BCUT2D eigenvalue weighted by molar-refractivity contribution is 7.80. The molecule has 0 bridgehead atoms. The van der Waals surface area contributed by atoms with Crippen molar-refractivity contribution in [2.45, 2.75) is 46.6 Å². The second-order valence-corrected chi connectivity index (χ2v) is 7.72. The summed E-state index contributed by atoms with van der Waals surface area (Å²) in [5.74, 6) is 0.194. The molecule has 4 nitrogen and oxygen atoms in total. The molecule has 1 aliphatic rings. The summed E-state index contributed by atoms with van der Waals surface area (Å²) in [5, 5.41) is 7.17. The molecule has 0 aliphatic carbocycles. The largest absolute Gasteiger partial charge is 0.356 e. The maximum atomic E-state index is 12.1. The third-order valence-electron chi connectivity index (χ3n) is 5.21. The van der Waals surface area contributed by atoms with Crippen LogP contribution in [0, 0.1) is 20.8 Å². The van der Waals surface area contributed by atoms with Gasteiger partial charge < -0.3 is 15.5 Å². The Bertz CT molecular complexity index is 878. The van der Waals surface area contributed by atoms with Crippen LogP contribution < -0.4 is 15.5 Å². The summed E-state index contributed by atoms with van der Waals surface area (Å²) in [7, 11) is 0. The van der Waals surface area contributed by atoms with Crippen LogP contribution in [0.1, 0.15) is 48.1 Å². The summed E-state index contributed by atoms with van der Waals surface area (Å²) >= 11 is 5.50. The maximum absolute atomic E-state index is 12.1. The van der Waals surface area contributed by atoms with Crippen LogP contribution in [0.3, 0.4) is 0 Å². The number of benzene rings is 2. The predicted octanol–water partition coefficient (Wildman–Crippen LogP) is 4.79. The van der Waals surface area contributed by atoms with Gasteiger partial charge in [-0.2, -0.15) is 0 Å². The minimum Gasteiger partial charge on any atom is -0.356 e. The zero-order valence-electron chi connectivity index (χ0n) is 16.4. The van der Waals surface area contributed by atoms with Crippen molar-refractivity contribution in [3.05, 3.63) is 58.7 Å². The topological polar surface area (TPSA) is 44.4 Å². The van der Waals surface area contributed by atoms with E-state index in [2.05, 4.69) is 49.6 Å². The first-order valence-corrected chi connectivity index (χ1v) is 9.81. The Labute approximate surface area is 167 Å². The Hall–Kier alpha value is -2.40. The van der Waals surface area contributed by atoms with E-state index >= 15 is 0 Å². The monoisotopic (exact) mass is 381 g/mol. The first-order valence-electron chi connectivity index (χ1n) is 9.41. The van der Waals surface area contributed by atoms with Crippen LogP contribution in [0.15, 0.2) is 36.4 Å². The molecule has 0 radical (unpaired) electrons.